The maximum absolute atomic E-state index is 12.5. The summed E-state index contributed by atoms with van der Waals surface area (Å²) < 4.78 is 26.8. The highest BCUT2D eigenvalue weighted by Gasteiger charge is 2.13. The molecule has 0 unspecified atom stereocenters. The van der Waals surface area contributed by atoms with E-state index < -0.39 is 6.43 Å². The van der Waals surface area contributed by atoms with E-state index in [0.29, 0.717) is 8.81 Å². The van der Waals surface area contributed by atoms with Crippen molar-refractivity contribution < 1.29 is 8.78 Å². The molecule has 0 N–H and O–H groups in total. The van der Waals surface area contributed by atoms with Crippen LogP contribution in [0.1, 0.15) is 12.0 Å². The Morgan fingerprint density at radius 3 is 2.64 bits per heavy atom. The number of benzene rings is 1. The SMILES string of the molecule is FC(F)c1cc2sc(Cl)cc2cc1Br. The van der Waals surface area contributed by atoms with Gasteiger partial charge in [-0.05, 0) is 23.6 Å². The number of halogens is 4. The maximum Gasteiger partial charge on any atom is 0.264 e. The molecule has 1 aromatic heterocycles. The molecule has 0 saturated carbocycles. The minimum atomic E-state index is -2.46. The highest BCUT2D eigenvalue weighted by Crippen LogP contribution is 2.36. The van der Waals surface area contributed by atoms with Gasteiger partial charge in [-0.25, -0.2) is 8.78 Å². The van der Waals surface area contributed by atoms with Crippen LogP contribution in [0.5, 0.6) is 0 Å². The monoisotopic (exact) mass is 296 g/mol. The Labute approximate surface area is 96.6 Å². The lowest BCUT2D eigenvalue weighted by molar-refractivity contribution is 0.151. The molecule has 2 aromatic rings. The van der Waals surface area contributed by atoms with Crippen LogP contribution in [0.3, 0.4) is 0 Å². The van der Waals surface area contributed by atoms with Crippen molar-refractivity contribution in [2.45, 2.75) is 6.43 Å². The number of thiophene rings is 1. The number of fused-ring (bicyclic) bond motifs is 1. The Balaban J connectivity index is 2.70. The van der Waals surface area contributed by atoms with E-state index in [-0.39, 0.29) is 5.56 Å². The van der Waals surface area contributed by atoms with Crippen LogP contribution in [0.4, 0.5) is 8.78 Å². The van der Waals surface area contributed by atoms with Gasteiger partial charge in [-0.3, -0.25) is 0 Å². The van der Waals surface area contributed by atoms with Crippen LogP contribution in [0.2, 0.25) is 4.34 Å². The average Bonchev–Trinajstić information content (AvgIpc) is 2.42. The second kappa shape index (κ2) is 3.76. The van der Waals surface area contributed by atoms with E-state index in [9.17, 15) is 8.78 Å². The largest absolute Gasteiger partial charge is 0.264 e. The van der Waals surface area contributed by atoms with Crippen molar-refractivity contribution in [3.63, 3.8) is 0 Å². The standard InChI is InChI=1S/C9H4BrClF2S/c10-6-1-4-2-8(11)14-7(4)3-5(6)9(12)13/h1-3,9H. The lowest BCUT2D eigenvalue weighted by atomic mass is 10.2. The first-order chi connectivity index (χ1) is 6.58. The highest BCUT2D eigenvalue weighted by atomic mass is 79.9. The molecule has 1 aromatic carbocycles. The van der Waals surface area contributed by atoms with E-state index in [1.165, 1.54) is 17.4 Å². The summed E-state index contributed by atoms with van der Waals surface area (Å²) in [5.41, 5.74) is 0.0102. The topological polar surface area (TPSA) is 0 Å². The molecule has 5 heteroatoms. The molecule has 0 fully saturated rings. The Hall–Kier alpha value is -0.190. The molecule has 0 spiro atoms. The fraction of sp³-hybridized carbons (Fsp3) is 0.111. The van der Waals surface area contributed by atoms with Gasteiger partial charge in [0.15, 0.2) is 0 Å². The Morgan fingerprint density at radius 2 is 2.00 bits per heavy atom. The minimum absolute atomic E-state index is 0.0102. The van der Waals surface area contributed by atoms with Crippen LogP contribution >= 0.6 is 38.9 Å². The Kier molecular flexibility index (Phi) is 2.77. The Bertz CT molecular complexity index is 481. The number of rotatable bonds is 1. The summed E-state index contributed by atoms with van der Waals surface area (Å²) in [5, 5.41) is 0.885. The molecule has 2 rings (SSSR count). The van der Waals surface area contributed by atoms with E-state index >= 15 is 0 Å². The fourth-order valence-corrected chi connectivity index (χ4v) is 2.93. The predicted octanol–water partition coefficient (Wildman–Crippen LogP) is 5.25. The van der Waals surface area contributed by atoms with E-state index in [0.717, 1.165) is 10.1 Å². The zero-order valence-corrected chi connectivity index (χ0v) is 9.89. The lowest BCUT2D eigenvalue weighted by Crippen LogP contribution is -1.84. The second-order valence-corrected chi connectivity index (χ2v) is 5.33. The zero-order valence-electron chi connectivity index (χ0n) is 6.73. The third-order valence-corrected chi connectivity index (χ3v) is 3.75. The summed E-state index contributed by atoms with van der Waals surface area (Å²) >= 11 is 10.2. The predicted molar refractivity (Wildman–Crippen MR) is 59.5 cm³/mol. The molecule has 0 nitrogen and oxygen atoms in total. The molecule has 0 amide bonds. The molecule has 0 saturated heterocycles. The van der Waals surface area contributed by atoms with Gasteiger partial charge in [0.25, 0.3) is 6.43 Å². The average molecular weight is 298 g/mol. The molecule has 1 heterocycles. The Morgan fingerprint density at radius 1 is 1.29 bits per heavy atom. The quantitative estimate of drug-likeness (QED) is 0.674. The van der Waals surface area contributed by atoms with Crippen molar-refractivity contribution >= 4 is 49.0 Å². The van der Waals surface area contributed by atoms with Gasteiger partial charge in [-0.15, -0.1) is 11.3 Å². The minimum Gasteiger partial charge on any atom is -0.205 e. The number of hydrogen-bond donors (Lipinski definition) is 0. The first kappa shape index (κ1) is 10.3. The molecule has 0 aliphatic rings. The summed E-state index contributed by atoms with van der Waals surface area (Å²) in [4.78, 5) is 0. The van der Waals surface area contributed by atoms with E-state index in [1.807, 2.05) is 0 Å². The van der Waals surface area contributed by atoms with Crippen LogP contribution in [0.25, 0.3) is 10.1 Å². The van der Waals surface area contributed by atoms with Gasteiger partial charge in [0.1, 0.15) is 0 Å². The summed E-state index contributed by atoms with van der Waals surface area (Å²) in [7, 11) is 0. The molecule has 0 aliphatic carbocycles. The number of hydrogen-bond acceptors (Lipinski definition) is 1. The molecule has 0 bridgehead atoms. The molecule has 0 atom stereocenters. The summed E-state index contributed by atoms with van der Waals surface area (Å²) in [5.74, 6) is 0. The second-order valence-electron chi connectivity index (χ2n) is 2.76. The summed E-state index contributed by atoms with van der Waals surface area (Å²) in [6.45, 7) is 0. The molecule has 0 radical (unpaired) electrons. The van der Waals surface area contributed by atoms with Crippen molar-refractivity contribution in [2.75, 3.05) is 0 Å². The molecule has 14 heavy (non-hydrogen) atoms. The molecule has 74 valence electrons. The third-order valence-electron chi connectivity index (χ3n) is 1.84. The van der Waals surface area contributed by atoms with Gasteiger partial charge in [-0.2, -0.15) is 0 Å². The molecular weight excluding hydrogens is 294 g/mol. The lowest BCUT2D eigenvalue weighted by Gasteiger charge is -2.02. The van der Waals surface area contributed by atoms with Gasteiger partial charge in [0.05, 0.1) is 4.34 Å². The van der Waals surface area contributed by atoms with E-state index in [2.05, 4.69) is 15.9 Å². The van der Waals surface area contributed by atoms with Crippen LogP contribution < -0.4 is 0 Å². The molecular formula is C9H4BrClF2S. The first-order valence-corrected chi connectivity index (χ1v) is 5.73. The van der Waals surface area contributed by atoms with E-state index in [1.54, 1.807) is 12.1 Å². The fourth-order valence-electron chi connectivity index (χ4n) is 1.21. The van der Waals surface area contributed by atoms with Gasteiger partial charge in [-0.1, -0.05) is 27.5 Å². The van der Waals surface area contributed by atoms with Crippen LogP contribution in [0, 0.1) is 0 Å². The molecule has 0 aliphatic heterocycles. The van der Waals surface area contributed by atoms with Crippen LogP contribution in [-0.4, -0.2) is 0 Å². The van der Waals surface area contributed by atoms with Crippen LogP contribution in [0.15, 0.2) is 22.7 Å². The van der Waals surface area contributed by atoms with Gasteiger partial charge < -0.3 is 0 Å². The van der Waals surface area contributed by atoms with Crippen molar-refractivity contribution in [2.24, 2.45) is 0 Å². The van der Waals surface area contributed by atoms with Gasteiger partial charge in [0.2, 0.25) is 0 Å². The zero-order chi connectivity index (χ0) is 10.3. The first-order valence-electron chi connectivity index (χ1n) is 3.74. The van der Waals surface area contributed by atoms with Gasteiger partial charge in [0, 0.05) is 14.7 Å². The smallest absolute Gasteiger partial charge is 0.205 e. The highest BCUT2D eigenvalue weighted by molar-refractivity contribution is 9.10. The summed E-state index contributed by atoms with van der Waals surface area (Å²) in [6, 6.07) is 4.90. The van der Waals surface area contributed by atoms with Crippen molar-refractivity contribution in [3.8, 4) is 0 Å². The maximum atomic E-state index is 12.5. The van der Waals surface area contributed by atoms with Crippen LogP contribution in [-0.2, 0) is 0 Å². The summed E-state index contributed by atoms with van der Waals surface area (Å²) in [6.07, 6.45) is -2.46. The normalized spacial score (nSPS) is 11.5. The third kappa shape index (κ3) is 1.78. The van der Waals surface area contributed by atoms with Crippen molar-refractivity contribution in [3.05, 3.63) is 32.6 Å². The van der Waals surface area contributed by atoms with E-state index in [4.69, 9.17) is 11.6 Å². The van der Waals surface area contributed by atoms with Crippen molar-refractivity contribution in [1.29, 1.82) is 0 Å². The number of alkyl halides is 2. The van der Waals surface area contributed by atoms with Crippen molar-refractivity contribution in [1.82, 2.24) is 0 Å². The van der Waals surface area contributed by atoms with Gasteiger partial charge >= 0.3 is 0 Å².